The number of aryl methyl sites for hydroxylation is 1. The van der Waals surface area contributed by atoms with Crippen LogP contribution in [-0.4, -0.2) is 47.7 Å². The highest BCUT2D eigenvalue weighted by Gasteiger charge is 2.17. The zero-order valence-corrected chi connectivity index (χ0v) is 12.1. The molecule has 0 bridgehead atoms. The van der Waals surface area contributed by atoms with Gasteiger partial charge in [0.05, 0.1) is 6.61 Å². The summed E-state index contributed by atoms with van der Waals surface area (Å²) in [6.07, 6.45) is 2.13. The number of nitrogens with zero attached hydrogens (tertiary/aromatic N) is 3. The lowest BCUT2D eigenvalue weighted by atomic mass is 10.2. The minimum atomic E-state index is 0.0956. The van der Waals surface area contributed by atoms with Crippen LogP contribution in [0.25, 0.3) is 0 Å². The Bertz CT molecular complexity index is 378. The van der Waals surface area contributed by atoms with Crippen LogP contribution in [0.1, 0.15) is 31.5 Å². The van der Waals surface area contributed by atoms with E-state index in [1.807, 2.05) is 12.1 Å². The van der Waals surface area contributed by atoms with Crippen LogP contribution in [-0.2, 0) is 13.0 Å². The van der Waals surface area contributed by atoms with E-state index in [2.05, 4.69) is 23.6 Å². The van der Waals surface area contributed by atoms with Crippen molar-refractivity contribution in [2.24, 2.45) is 0 Å². The lowest BCUT2D eigenvalue weighted by Crippen LogP contribution is -2.46. The smallest absolute Gasteiger partial charge is 0.129 e. The molecule has 0 aromatic carbocycles. The van der Waals surface area contributed by atoms with Gasteiger partial charge in [-0.15, -0.1) is 0 Å². The third kappa shape index (κ3) is 3.67. The average Bonchev–Trinajstić information content (AvgIpc) is 2.47. The molecule has 1 aliphatic rings. The minimum Gasteiger partial charge on any atom is -0.392 e. The van der Waals surface area contributed by atoms with Gasteiger partial charge in [-0.25, -0.2) is 4.98 Å². The van der Waals surface area contributed by atoms with Gasteiger partial charge in [-0.2, -0.15) is 0 Å². The molecule has 0 saturated carbocycles. The van der Waals surface area contributed by atoms with Crippen molar-refractivity contribution in [2.75, 3.05) is 37.6 Å². The predicted octanol–water partition coefficient (Wildman–Crippen LogP) is 1.67. The first-order chi connectivity index (χ1) is 9.26. The first-order valence-electron chi connectivity index (χ1n) is 7.34. The third-order valence-corrected chi connectivity index (χ3v) is 3.71. The molecule has 106 valence electrons. The van der Waals surface area contributed by atoms with E-state index in [1.54, 1.807) is 0 Å². The molecule has 4 nitrogen and oxygen atoms in total. The number of aromatic nitrogens is 1. The fourth-order valence-corrected chi connectivity index (χ4v) is 2.58. The Morgan fingerprint density at radius 2 is 1.89 bits per heavy atom. The molecule has 1 N–H and O–H groups in total. The van der Waals surface area contributed by atoms with Gasteiger partial charge < -0.3 is 10.0 Å². The largest absolute Gasteiger partial charge is 0.392 e. The number of rotatable bonds is 5. The summed E-state index contributed by atoms with van der Waals surface area (Å²) in [4.78, 5) is 9.54. The molecule has 1 aromatic rings. The molecule has 4 heteroatoms. The molecule has 0 unspecified atom stereocenters. The normalized spacial score (nSPS) is 16.9. The van der Waals surface area contributed by atoms with Crippen molar-refractivity contribution in [1.29, 1.82) is 0 Å². The number of hydrogen-bond donors (Lipinski definition) is 1. The van der Waals surface area contributed by atoms with Gasteiger partial charge >= 0.3 is 0 Å². The van der Waals surface area contributed by atoms with Crippen molar-refractivity contribution in [2.45, 2.75) is 33.3 Å². The van der Waals surface area contributed by atoms with Crippen LogP contribution in [0, 0.1) is 0 Å². The van der Waals surface area contributed by atoms with Crippen LogP contribution in [0.4, 0.5) is 5.82 Å². The lowest BCUT2D eigenvalue weighted by Gasteiger charge is -2.35. The highest BCUT2D eigenvalue weighted by molar-refractivity contribution is 5.43. The second kappa shape index (κ2) is 6.87. The van der Waals surface area contributed by atoms with E-state index >= 15 is 0 Å². The fourth-order valence-electron chi connectivity index (χ4n) is 2.58. The topological polar surface area (TPSA) is 39.6 Å². The van der Waals surface area contributed by atoms with E-state index in [-0.39, 0.29) is 6.61 Å². The molecule has 1 aliphatic heterocycles. The molecule has 1 fully saturated rings. The molecule has 1 aromatic heterocycles. The Morgan fingerprint density at radius 3 is 2.47 bits per heavy atom. The van der Waals surface area contributed by atoms with Crippen LogP contribution < -0.4 is 4.90 Å². The number of pyridine rings is 1. The van der Waals surface area contributed by atoms with E-state index in [0.29, 0.717) is 0 Å². The van der Waals surface area contributed by atoms with E-state index in [0.717, 1.165) is 49.7 Å². The molecule has 0 amide bonds. The summed E-state index contributed by atoms with van der Waals surface area (Å²) in [5.74, 6) is 1.03. The monoisotopic (exact) mass is 263 g/mol. The third-order valence-electron chi connectivity index (χ3n) is 3.71. The van der Waals surface area contributed by atoms with Gasteiger partial charge in [0.2, 0.25) is 0 Å². The molecule has 0 aliphatic carbocycles. The molecule has 1 saturated heterocycles. The first kappa shape index (κ1) is 14.3. The van der Waals surface area contributed by atoms with Crippen molar-refractivity contribution < 1.29 is 5.11 Å². The SMILES string of the molecule is CCCN1CCN(c2cc(CO)cc(CC)n2)CC1. The van der Waals surface area contributed by atoms with Crippen LogP contribution in [0.3, 0.4) is 0 Å². The summed E-state index contributed by atoms with van der Waals surface area (Å²) in [7, 11) is 0. The quantitative estimate of drug-likeness (QED) is 0.877. The highest BCUT2D eigenvalue weighted by atomic mass is 16.3. The maximum atomic E-state index is 9.34. The van der Waals surface area contributed by atoms with Crippen molar-refractivity contribution >= 4 is 5.82 Å². The van der Waals surface area contributed by atoms with Gasteiger partial charge in [0.25, 0.3) is 0 Å². The standard InChI is InChI=1S/C15H25N3O/c1-3-5-17-6-8-18(9-7-17)15-11-13(12-19)10-14(4-2)16-15/h10-11,19H,3-9,12H2,1-2H3. The second-order valence-electron chi connectivity index (χ2n) is 5.17. The maximum Gasteiger partial charge on any atom is 0.129 e. The van der Waals surface area contributed by atoms with Gasteiger partial charge in [0.1, 0.15) is 5.82 Å². The number of piperazine rings is 1. The van der Waals surface area contributed by atoms with Crippen LogP contribution in [0.5, 0.6) is 0 Å². The molecule has 2 heterocycles. The Kier molecular flexibility index (Phi) is 5.16. The van der Waals surface area contributed by atoms with E-state index in [9.17, 15) is 5.11 Å². The molecular formula is C15H25N3O. The molecule has 19 heavy (non-hydrogen) atoms. The summed E-state index contributed by atoms with van der Waals surface area (Å²) < 4.78 is 0. The summed E-state index contributed by atoms with van der Waals surface area (Å²) in [5.41, 5.74) is 2.04. The summed E-state index contributed by atoms with van der Waals surface area (Å²) in [5, 5.41) is 9.34. The molecule has 2 rings (SSSR count). The summed E-state index contributed by atoms with van der Waals surface area (Å²) in [6.45, 7) is 9.91. The van der Waals surface area contributed by atoms with Crippen LogP contribution in [0.2, 0.25) is 0 Å². The van der Waals surface area contributed by atoms with Crippen molar-refractivity contribution in [3.8, 4) is 0 Å². The number of anilines is 1. The number of hydrogen-bond acceptors (Lipinski definition) is 4. The first-order valence-corrected chi connectivity index (χ1v) is 7.34. The van der Waals surface area contributed by atoms with Gasteiger partial charge in [-0.3, -0.25) is 4.90 Å². The minimum absolute atomic E-state index is 0.0956. The Hall–Kier alpha value is -1.13. The summed E-state index contributed by atoms with van der Waals surface area (Å²) >= 11 is 0. The van der Waals surface area contributed by atoms with Gasteiger partial charge in [0, 0.05) is 31.9 Å². The van der Waals surface area contributed by atoms with E-state index < -0.39 is 0 Å². The van der Waals surface area contributed by atoms with E-state index in [4.69, 9.17) is 4.98 Å². The Morgan fingerprint density at radius 1 is 1.16 bits per heavy atom. The number of aliphatic hydroxyl groups is 1. The van der Waals surface area contributed by atoms with Crippen molar-refractivity contribution in [3.63, 3.8) is 0 Å². The lowest BCUT2D eigenvalue weighted by molar-refractivity contribution is 0.257. The Balaban J connectivity index is 2.06. The van der Waals surface area contributed by atoms with Gasteiger partial charge in [-0.1, -0.05) is 13.8 Å². The zero-order chi connectivity index (χ0) is 13.7. The van der Waals surface area contributed by atoms with Gasteiger partial charge in [0.15, 0.2) is 0 Å². The Labute approximate surface area is 116 Å². The maximum absolute atomic E-state index is 9.34. The molecular weight excluding hydrogens is 238 g/mol. The van der Waals surface area contributed by atoms with Crippen molar-refractivity contribution in [1.82, 2.24) is 9.88 Å². The van der Waals surface area contributed by atoms with Crippen molar-refractivity contribution in [3.05, 3.63) is 23.4 Å². The molecule has 0 radical (unpaired) electrons. The number of aliphatic hydroxyl groups excluding tert-OH is 1. The van der Waals surface area contributed by atoms with Gasteiger partial charge in [-0.05, 0) is 37.1 Å². The molecule has 0 spiro atoms. The average molecular weight is 263 g/mol. The molecule has 0 atom stereocenters. The second-order valence-corrected chi connectivity index (χ2v) is 5.17. The van der Waals surface area contributed by atoms with Crippen LogP contribution >= 0.6 is 0 Å². The summed E-state index contributed by atoms with van der Waals surface area (Å²) in [6, 6.07) is 4.02. The highest BCUT2D eigenvalue weighted by Crippen LogP contribution is 2.17. The van der Waals surface area contributed by atoms with Crippen LogP contribution in [0.15, 0.2) is 12.1 Å². The zero-order valence-electron chi connectivity index (χ0n) is 12.1. The predicted molar refractivity (Wildman–Crippen MR) is 78.5 cm³/mol. The fraction of sp³-hybridized carbons (Fsp3) is 0.667. The van der Waals surface area contributed by atoms with E-state index in [1.165, 1.54) is 13.0 Å².